The summed E-state index contributed by atoms with van der Waals surface area (Å²) in [6.45, 7) is 0. The molecule has 0 aliphatic carbocycles. The van der Waals surface area contributed by atoms with Crippen LogP contribution in [-0.4, -0.2) is 48.6 Å². The average Bonchev–Trinajstić information content (AvgIpc) is 1.56. The largest absolute Gasteiger partial charge is 0.342 e. The normalized spacial score (nSPS) is 14.2. The molecule has 0 radical (unpaired) electrons. The van der Waals surface area contributed by atoms with Crippen molar-refractivity contribution in [2.75, 3.05) is 0 Å². The summed E-state index contributed by atoms with van der Waals surface area (Å²) in [6, 6.07) is -2.32. The molecular formula is C3H10N2O6. The van der Waals surface area contributed by atoms with Crippen molar-refractivity contribution in [1.82, 2.24) is 5.43 Å². The predicted molar refractivity (Wildman–Crippen MR) is 29.9 cm³/mol. The summed E-state index contributed by atoms with van der Waals surface area (Å²) in [5, 5.41) is 49.8. The number of hydrazine groups is 1. The molecule has 0 saturated carbocycles. The lowest BCUT2D eigenvalue weighted by Crippen LogP contribution is -2.65. The zero-order valence-electron chi connectivity index (χ0n) is 5.34. The Labute approximate surface area is 61.1 Å². The van der Waals surface area contributed by atoms with Crippen molar-refractivity contribution >= 4 is 0 Å². The first-order valence-electron chi connectivity index (χ1n) is 2.50. The van der Waals surface area contributed by atoms with Gasteiger partial charge in [0.2, 0.25) is 0 Å². The van der Waals surface area contributed by atoms with E-state index in [1.54, 1.807) is 0 Å². The lowest BCUT2D eigenvalue weighted by Gasteiger charge is -2.30. The van der Waals surface area contributed by atoms with Gasteiger partial charge in [0.25, 0.3) is 0 Å². The van der Waals surface area contributed by atoms with Crippen LogP contribution in [0.2, 0.25) is 0 Å². The Balaban J connectivity index is 4.43. The van der Waals surface area contributed by atoms with Gasteiger partial charge < -0.3 is 30.6 Å². The molecule has 0 bridgehead atoms. The maximum atomic E-state index is 8.30. The maximum Gasteiger partial charge on any atom is 0.301 e. The van der Waals surface area contributed by atoms with Gasteiger partial charge in [-0.25, -0.2) is 5.43 Å². The standard InChI is InChI=1S/C3H10N2O6/c4-5-1(2(6,7)8)3(9,10)11/h1,5-11H,4H2. The minimum Gasteiger partial charge on any atom is -0.342 e. The molecule has 0 aliphatic rings. The van der Waals surface area contributed by atoms with Gasteiger partial charge >= 0.3 is 11.9 Å². The molecule has 0 aromatic rings. The molecule has 11 heavy (non-hydrogen) atoms. The molecule has 8 nitrogen and oxygen atoms in total. The van der Waals surface area contributed by atoms with Crippen LogP contribution in [-0.2, 0) is 0 Å². The minimum absolute atomic E-state index is 1.38. The Morgan fingerprint density at radius 2 is 1.18 bits per heavy atom. The van der Waals surface area contributed by atoms with Crippen LogP contribution in [0, 0.1) is 0 Å². The maximum absolute atomic E-state index is 8.30. The lowest BCUT2D eigenvalue weighted by atomic mass is 10.2. The quantitative estimate of drug-likeness (QED) is 0.119. The number of hydrogen-bond acceptors (Lipinski definition) is 8. The van der Waals surface area contributed by atoms with Gasteiger partial charge in [0.15, 0.2) is 6.04 Å². The van der Waals surface area contributed by atoms with Crippen molar-refractivity contribution in [2.45, 2.75) is 18.0 Å². The molecule has 0 saturated heterocycles. The van der Waals surface area contributed by atoms with E-state index < -0.39 is 18.0 Å². The van der Waals surface area contributed by atoms with E-state index in [0.717, 1.165) is 0 Å². The number of hydrogen-bond donors (Lipinski definition) is 8. The van der Waals surface area contributed by atoms with E-state index >= 15 is 0 Å². The highest BCUT2D eigenvalue weighted by Crippen LogP contribution is 2.11. The van der Waals surface area contributed by atoms with Crippen LogP contribution in [0.4, 0.5) is 0 Å². The van der Waals surface area contributed by atoms with Crippen LogP contribution in [0.1, 0.15) is 0 Å². The highest BCUT2D eigenvalue weighted by Gasteiger charge is 2.46. The van der Waals surface area contributed by atoms with Gasteiger partial charge in [0, 0.05) is 0 Å². The summed E-state index contributed by atoms with van der Waals surface area (Å²) < 4.78 is 0. The van der Waals surface area contributed by atoms with Crippen LogP contribution in [0.25, 0.3) is 0 Å². The van der Waals surface area contributed by atoms with Gasteiger partial charge in [-0.15, -0.1) is 0 Å². The smallest absolute Gasteiger partial charge is 0.301 e. The van der Waals surface area contributed by atoms with E-state index in [4.69, 9.17) is 30.6 Å². The first-order valence-corrected chi connectivity index (χ1v) is 2.50. The van der Waals surface area contributed by atoms with Gasteiger partial charge in [-0.3, -0.25) is 5.84 Å². The van der Waals surface area contributed by atoms with E-state index in [1.165, 1.54) is 5.43 Å². The van der Waals surface area contributed by atoms with Gasteiger partial charge in [-0.2, -0.15) is 0 Å². The van der Waals surface area contributed by atoms with E-state index in [1.807, 2.05) is 0 Å². The third-order valence-electron chi connectivity index (χ3n) is 0.941. The monoisotopic (exact) mass is 170 g/mol. The highest BCUT2D eigenvalue weighted by molar-refractivity contribution is 4.77. The van der Waals surface area contributed by atoms with E-state index in [2.05, 4.69) is 5.84 Å². The Kier molecular flexibility index (Phi) is 2.88. The van der Waals surface area contributed by atoms with Crippen molar-refractivity contribution in [2.24, 2.45) is 5.84 Å². The molecule has 0 rings (SSSR count). The van der Waals surface area contributed by atoms with Crippen molar-refractivity contribution in [1.29, 1.82) is 0 Å². The number of nitrogens with two attached hydrogens (primary N) is 1. The number of aliphatic hydroxyl groups is 6. The summed E-state index contributed by atoms with van der Waals surface area (Å²) in [5.41, 5.74) is 1.38. The molecule has 8 heteroatoms. The van der Waals surface area contributed by atoms with Crippen molar-refractivity contribution in [3.8, 4) is 0 Å². The third kappa shape index (κ3) is 3.05. The fraction of sp³-hybridized carbons (Fsp3) is 1.00. The van der Waals surface area contributed by atoms with E-state index in [0.29, 0.717) is 0 Å². The Morgan fingerprint density at radius 1 is 0.909 bits per heavy atom. The molecule has 0 aromatic heterocycles. The lowest BCUT2D eigenvalue weighted by molar-refractivity contribution is -0.418. The fourth-order valence-electron chi connectivity index (χ4n) is 0.483. The van der Waals surface area contributed by atoms with Crippen LogP contribution in [0.5, 0.6) is 0 Å². The molecule has 0 fully saturated rings. The highest BCUT2D eigenvalue weighted by atomic mass is 16.7. The molecule has 0 unspecified atom stereocenters. The molecule has 0 aromatic carbocycles. The Bertz CT molecular complexity index is 111. The molecular weight excluding hydrogens is 160 g/mol. The third-order valence-corrected chi connectivity index (χ3v) is 0.941. The van der Waals surface area contributed by atoms with Crippen LogP contribution in [0.3, 0.4) is 0 Å². The molecule has 9 N–H and O–H groups in total. The second-order valence-electron chi connectivity index (χ2n) is 1.97. The van der Waals surface area contributed by atoms with Gasteiger partial charge in [0.1, 0.15) is 0 Å². The molecule has 0 spiro atoms. The number of rotatable bonds is 3. The second-order valence-corrected chi connectivity index (χ2v) is 1.97. The summed E-state index contributed by atoms with van der Waals surface area (Å²) in [4.78, 5) is 0. The van der Waals surface area contributed by atoms with Crippen LogP contribution >= 0.6 is 0 Å². The Morgan fingerprint density at radius 3 is 1.18 bits per heavy atom. The van der Waals surface area contributed by atoms with E-state index in [9.17, 15) is 0 Å². The summed E-state index contributed by atoms with van der Waals surface area (Å²) >= 11 is 0. The zero-order chi connectivity index (χ0) is 9.28. The second kappa shape index (κ2) is 2.97. The number of nitrogens with one attached hydrogen (secondary N) is 1. The van der Waals surface area contributed by atoms with Gasteiger partial charge in [0.05, 0.1) is 0 Å². The van der Waals surface area contributed by atoms with Crippen LogP contribution < -0.4 is 11.3 Å². The Hall–Kier alpha value is -0.320. The van der Waals surface area contributed by atoms with Gasteiger partial charge in [-0.05, 0) is 0 Å². The molecule has 0 atom stereocenters. The zero-order valence-corrected chi connectivity index (χ0v) is 5.34. The summed E-state index contributed by atoms with van der Waals surface area (Å²) in [5.74, 6) is -2.53. The summed E-state index contributed by atoms with van der Waals surface area (Å²) in [6.07, 6.45) is 0. The average molecular weight is 170 g/mol. The molecule has 68 valence electrons. The van der Waals surface area contributed by atoms with Crippen molar-refractivity contribution < 1.29 is 30.6 Å². The van der Waals surface area contributed by atoms with Crippen molar-refractivity contribution in [3.63, 3.8) is 0 Å². The SMILES string of the molecule is NNC(C(O)(O)O)C(O)(O)O. The van der Waals surface area contributed by atoms with Gasteiger partial charge in [-0.1, -0.05) is 0 Å². The van der Waals surface area contributed by atoms with Crippen molar-refractivity contribution in [3.05, 3.63) is 0 Å². The molecule has 0 aliphatic heterocycles. The van der Waals surface area contributed by atoms with Crippen LogP contribution in [0.15, 0.2) is 0 Å². The first kappa shape index (κ1) is 10.7. The predicted octanol–water partition coefficient (Wildman–Crippen LogP) is -4.92. The van der Waals surface area contributed by atoms with E-state index in [-0.39, 0.29) is 0 Å². The first-order chi connectivity index (χ1) is 4.69. The fourth-order valence-corrected chi connectivity index (χ4v) is 0.483. The summed E-state index contributed by atoms with van der Waals surface area (Å²) in [7, 11) is 0. The topological polar surface area (TPSA) is 159 Å². The molecule has 0 heterocycles. The molecule has 0 amide bonds. The minimum atomic E-state index is -3.53.